The first kappa shape index (κ1) is 25.8. The molecule has 0 aliphatic heterocycles. The van der Waals surface area contributed by atoms with Gasteiger partial charge in [-0.05, 0) is 80.6 Å². The highest BCUT2D eigenvalue weighted by Gasteiger charge is 2.33. The molecule has 0 radical (unpaired) electrons. The van der Waals surface area contributed by atoms with Gasteiger partial charge in [0.25, 0.3) is 5.91 Å². The molecule has 0 bridgehead atoms. The van der Waals surface area contributed by atoms with Gasteiger partial charge in [-0.1, -0.05) is 50.1 Å². The van der Waals surface area contributed by atoms with E-state index in [1.807, 2.05) is 25.1 Å². The minimum absolute atomic E-state index is 0.126. The van der Waals surface area contributed by atoms with Gasteiger partial charge in [-0.15, -0.1) is 0 Å². The molecule has 0 spiro atoms. The lowest BCUT2D eigenvalue weighted by molar-refractivity contribution is -0.137. The Morgan fingerprint density at radius 3 is 2.08 bits per heavy atom. The SMILES string of the molecule is COc1ccc2c(c1)c(CC(=O)N(C1CCCCC1)C1CCCCC1)c(C)n2C(=O)c1ccc(Cl)cc1. The molecule has 1 aromatic heterocycles. The Bertz CT molecular complexity index is 1250. The van der Waals surface area contributed by atoms with Gasteiger partial charge in [0.05, 0.1) is 19.0 Å². The van der Waals surface area contributed by atoms with Crippen LogP contribution >= 0.6 is 11.6 Å². The summed E-state index contributed by atoms with van der Waals surface area (Å²) in [5, 5.41) is 1.49. The number of halogens is 1. The molecule has 6 heteroatoms. The summed E-state index contributed by atoms with van der Waals surface area (Å²) in [6, 6.07) is 13.4. The molecular weight excluding hydrogens is 484 g/mol. The topological polar surface area (TPSA) is 51.5 Å². The third kappa shape index (κ3) is 5.29. The average molecular weight is 521 g/mol. The van der Waals surface area contributed by atoms with Gasteiger partial charge in [0.15, 0.2) is 0 Å². The summed E-state index contributed by atoms with van der Waals surface area (Å²) in [6.07, 6.45) is 12.0. The van der Waals surface area contributed by atoms with Crippen LogP contribution in [0.3, 0.4) is 0 Å². The van der Waals surface area contributed by atoms with Crippen molar-refractivity contribution in [3.8, 4) is 5.75 Å². The number of aromatic nitrogens is 1. The Labute approximate surface area is 224 Å². The van der Waals surface area contributed by atoms with Crippen molar-refractivity contribution in [2.24, 2.45) is 0 Å². The van der Waals surface area contributed by atoms with E-state index in [9.17, 15) is 9.59 Å². The van der Waals surface area contributed by atoms with Gasteiger partial charge in [-0.3, -0.25) is 14.2 Å². The molecule has 0 unspecified atom stereocenters. The summed E-state index contributed by atoms with van der Waals surface area (Å²) in [4.78, 5) is 30.1. The summed E-state index contributed by atoms with van der Waals surface area (Å²) in [5.74, 6) is 0.788. The first-order valence-corrected chi connectivity index (χ1v) is 14.1. The van der Waals surface area contributed by atoms with Gasteiger partial charge in [-0.2, -0.15) is 0 Å². The van der Waals surface area contributed by atoms with E-state index in [2.05, 4.69) is 4.90 Å². The smallest absolute Gasteiger partial charge is 0.262 e. The summed E-state index contributed by atoms with van der Waals surface area (Å²) in [5.41, 5.74) is 3.08. The molecule has 5 nitrogen and oxygen atoms in total. The Kier molecular flexibility index (Phi) is 7.89. The number of carbonyl (C=O) groups excluding carboxylic acids is 2. The van der Waals surface area contributed by atoms with Crippen LogP contribution in [0.15, 0.2) is 42.5 Å². The quantitative estimate of drug-likeness (QED) is 0.341. The van der Waals surface area contributed by atoms with Gasteiger partial charge >= 0.3 is 0 Å². The van der Waals surface area contributed by atoms with Crippen LogP contribution < -0.4 is 4.74 Å². The van der Waals surface area contributed by atoms with Crippen LogP contribution in [0.5, 0.6) is 5.75 Å². The van der Waals surface area contributed by atoms with Crippen LogP contribution in [0.1, 0.15) is 85.8 Å². The predicted molar refractivity (Wildman–Crippen MR) is 149 cm³/mol. The molecule has 3 aromatic rings. The van der Waals surface area contributed by atoms with Crippen molar-refractivity contribution in [1.82, 2.24) is 9.47 Å². The first-order chi connectivity index (χ1) is 18.0. The molecule has 2 aliphatic rings. The van der Waals surface area contributed by atoms with E-state index < -0.39 is 0 Å². The van der Waals surface area contributed by atoms with E-state index >= 15 is 0 Å². The number of amides is 1. The number of carbonyl (C=O) groups is 2. The van der Waals surface area contributed by atoms with Gasteiger partial charge < -0.3 is 9.64 Å². The Hall–Kier alpha value is -2.79. The number of ether oxygens (including phenoxy) is 1. The maximum Gasteiger partial charge on any atom is 0.262 e. The van der Waals surface area contributed by atoms with Crippen LogP contribution in [-0.4, -0.2) is 40.5 Å². The van der Waals surface area contributed by atoms with Crippen molar-refractivity contribution in [3.05, 3.63) is 64.3 Å². The minimum Gasteiger partial charge on any atom is -0.497 e. The van der Waals surface area contributed by atoms with E-state index in [1.54, 1.807) is 35.9 Å². The van der Waals surface area contributed by atoms with Crippen LogP contribution in [-0.2, 0) is 11.2 Å². The molecule has 1 heterocycles. The largest absolute Gasteiger partial charge is 0.497 e. The predicted octanol–water partition coefficient (Wildman–Crippen LogP) is 7.34. The number of nitrogens with zero attached hydrogens (tertiary/aromatic N) is 2. The summed E-state index contributed by atoms with van der Waals surface area (Å²) < 4.78 is 7.27. The zero-order valence-corrected chi connectivity index (χ0v) is 22.7. The van der Waals surface area contributed by atoms with E-state index in [1.165, 1.54) is 38.5 Å². The fourth-order valence-corrected chi connectivity index (χ4v) is 6.59. The first-order valence-electron chi connectivity index (χ1n) is 13.8. The molecule has 2 aromatic carbocycles. The molecular formula is C31H37ClN2O3. The summed E-state index contributed by atoms with van der Waals surface area (Å²) in [6.45, 7) is 1.95. The fourth-order valence-electron chi connectivity index (χ4n) is 6.46. The van der Waals surface area contributed by atoms with E-state index in [4.69, 9.17) is 16.3 Å². The van der Waals surface area contributed by atoms with Crippen LogP contribution in [0.2, 0.25) is 5.02 Å². The number of hydrogen-bond donors (Lipinski definition) is 0. The number of fused-ring (bicyclic) bond motifs is 1. The lowest BCUT2D eigenvalue weighted by Gasteiger charge is -2.42. The van der Waals surface area contributed by atoms with E-state index in [0.717, 1.165) is 47.8 Å². The van der Waals surface area contributed by atoms with Crippen molar-refractivity contribution in [2.75, 3.05) is 7.11 Å². The number of benzene rings is 2. The van der Waals surface area contributed by atoms with Crippen molar-refractivity contribution in [2.45, 2.75) is 89.6 Å². The van der Waals surface area contributed by atoms with E-state index in [-0.39, 0.29) is 11.8 Å². The molecule has 2 saturated carbocycles. The molecule has 0 saturated heterocycles. The van der Waals surface area contributed by atoms with Crippen LogP contribution in [0, 0.1) is 6.92 Å². The van der Waals surface area contributed by atoms with E-state index in [0.29, 0.717) is 34.8 Å². The maximum absolute atomic E-state index is 14.1. The third-order valence-electron chi connectivity index (χ3n) is 8.39. The standard InChI is InChI=1S/C31H37ClN2O3/c1-21-27(20-30(35)34(24-9-5-3-6-10-24)25-11-7-4-8-12-25)28-19-26(37-2)17-18-29(28)33(21)31(36)22-13-15-23(32)16-14-22/h13-19,24-25H,3-12,20H2,1-2H3. The monoisotopic (exact) mass is 520 g/mol. The second-order valence-electron chi connectivity index (χ2n) is 10.7. The number of methoxy groups -OCH3 is 1. The highest BCUT2D eigenvalue weighted by atomic mass is 35.5. The molecule has 0 N–H and O–H groups in total. The highest BCUT2D eigenvalue weighted by Crippen LogP contribution is 2.34. The van der Waals surface area contributed by atoms with Gasteiger partial charge in [0.2, 0.25) is 5.91 Å². The molecule has 37 heavy (non-hydrogen) atoms. The highest BCUT2D eigenvalue weighted by molar-refractivity contribution is 6.30. The Balaban J connectivity index is 1.54. The van der Waals surface area contributed by atoms with Gasteiger partial charge in [0, 0.05) is 33.7 Å². The second kappa shape index (κ2) is 11.3. The molecule has 5 rings (SSSR count). The zero-order valence-electron chi connectivity index (χ0n) is 22.0. The van der Waals surface area contributed by atoms with Gasteiger partial charge in [-0.25, -0.2) is 0 Å². The minimum atomic E-state index is -0.126. The lowest BCUT2D eigenvalue weighted by atomic mass is 9.88. The molecule has 2 aliphatic carbocycles. The lowest BCUT2D eigenvalue weighted by Crippen LogP contribution is -2.49. The average Bonchev–Trinajstić information content (AvgIpc) is 3.20. The molecule has 1 amide bonds. The zero-order chi connectivity index (χ0) is 25.9. The Morgan fingerprint density at radius 2 is 1.51 bits per heavy atom. The van der Waals surface area contributed by atoms with Crippen molar-refractivity contribution in [3.63, 3.8) is 0 Å². The molecule has 196 valence electrons. The van der Waals surface area contributed by atoms with Gasteiger partial charge in [0.1, 0.15) is 5.75 Å². The van der Waals surface area contributed by atoms with Crippen LogP contribution in [0.25, 0.3) is 10.9 Å². The van der Waals surface area contributed by atoms with Crippen molar-refractivity contribution < 1.29 is 14.3 Å². The summed E-state index contributed by atoms with van der Waals surface area (Å²) >= 11 is 6.07. The van der Waals surface area contributed by atoms with Crippen LogP contribution in [0.4, 0.5) is 0 Å². The third-order valence-corrected chi connectivity index (χ3v) is 8.64. The number of hydrogen-bond acceptors (Lipinski definition) is 3. The molecule has 0 atom stereocenters. The Morgan fingerprint density at radius 1 is 0.919 bits per heavy atom. The number of rotatable bonds is 6. The summed E-state index contributed by atoms with van der Waals surface area (Å²) in [7, 11) is 1.64. The fraction of sp³-hybridized carbons (Fsp3) is 0.484. The normalized spacial score (nSPS) is 17.2. The van der Waals surface area contributed by atoms with Crippen molar-refractivity contribution >= 4 is 34.3 Å². The molecule has 2 fully saturated rings. The maximum atomic E-state index is 14.1. The van der Waals surface area contributed by atoms with Crippen molar-refractivity contribution in [1.29, 1.82) is 0 Å². The second-order valence-corrected chi connectivity index (χ2v) is 11.1.